The number of aliphatic hydroxyl groups is 2. The second-order valence-electron chi connectivity index (χ2n) is 13.5. The molecule has 4 aromatic carbocycles. The van der Waals surface area contributed by atoms with E-state index in [0.29, 0.717) is 24.6 Å². The van der Waals surface area contributed by atoms with E-state index in [0.717, 1.165) is 65.4 Å². The van der Waals surface area contributed by atoms with Crippen LogP contribution in [0.1, 0.15) is 11.1 Å². The van der Waals surface area contributed by atoms with Gasteiger partial charge in [-0.3, -0.25) is 19.6 Å². The minimum absolute atomic E-state index is 0.123. The Hall–Kier alpha value is -3.81. The van der Waals surface area contributed by atoms with Crippen LogP contribution in [0.4, 0.5) is 0 Å². The maximum absolute atomic E-state index is 13.3. The molecule has 0 spiro atoms. The molecule has 6 rings (SSSR count). The van der Waals surface area contributed by atoms with Gasteiger partial charge in [0.05, 0.1) is 9.79 Å². The molecule has 11 heteroatoms. The van der Waals surface area contributed by atoms with Gasteiger partial charge in [0.15, 0.2) is 0 Å². The van der Waals surface area contributed by atoms with Gasteiger partial charge in [0.25, 0.3) is 0 Å². The van der Waals surface area contributed by atoms with Gasteiger partial charge in [-0.25, -0.2) is 8.42 Å². The van der Waals surface area contributed by atoms with Crippen molar-refractivity contribution in [3.63, 3.8) is 0 Å². The first-order valence-corrected chi connectivity index (χ1v) is 19.3. The average Bonchev–Trinajstić information content (AvgIpc) is 3.16. The van der Waals surface area contributed by atoms with E-state index < -0.39 is 22.0 Å². The summed E-state index contributed by atoms with van der Waals surface area (Å²) in [6.45, 7) is 10.5. The van der Waals surface area contributed by atoms with E-state index in [2.05, 4.69) is 68.1 Å². The number of hydrogen-bond acceptors (Lipinski definition) is 10. The number of β-amino-alcohol motifs (C(OH)–C–C–N with tert-alkyl or cyclic N) is 2. The van der Waals surface area contributed by atoms with E-state index in [4.69, 9.17) is 9.47 Å². The third-order valence-electron chi connectivity index (χ3n) is 9.52. The Balaban J connectivity index is 0.886. The maximum Gasteiger partial charge on any atom is 0.206 e. The van der Waals surface area contributed by atoms with Crippen LogP contribution >= 0.6 is 0 Å². The molecule has 2 N–H and O–H groups in total. The smallest absolute Gasteiger partial charge is 0.206 e. The fourth-order valence-corrected chi connectivity index (χ4v) is 7.86. The topological polar surface area (TPSA) is 106 Å². The van der Waals surface area contributed by atoms with Gasteiger partial charge in [-0.2, -0.15) is 0 Å². The van der Waals surface area contributed by atoms with Gasteiger partial charge in [0, 0.05) is 78.5 Å². The van der Waals surface area contributed by atoms with E-state index in [1.807, 2.05) is 12.1 Å². The van der Waals surface area contributed by atoms with Crippen molar-refractivity contribution in [2.45, 2.75) is 35.1 Å². The number of nitrogens with zero attached hydrogens (tertiary/aromatic N) is 4. The third kappa shape index (κ3) is 11.1. The minimum Gasteiger partial charge on any atom is -0.491 e. The molecule has 2 aliphatic heterocycles. The third-order valence-corrected chi connectivity index (χ3v) is 11.3. The zero-order chi connectivity index (χ0) is 35.5. The first-order chi connectivity index (χ1) is 24.8. The van der Waals surface area contributed by atoms with Crippen LogP contribution in [-0.2, 0) is 22.9 Å². The fourth-order valence-electron chi connectivity index (χ4n) is 6.60. The molecule has 2 fully saturated rings. The zero-order valence-electron chi connectivity index (χ0n) is 29.2. The van der Waals surface area contributed by atoms with Crippen LogP contribution in [0, 0.1) is 0 Å². The molecule has 10 nitrogen and oxygen atoms in total. The summed E-state index contributed by atoms with van der Waals surface area (Å²) in [6.07, 6.45) is -1.31. The molecule has 0 aliphatic carbocycles. The molecule has 0 bridgehead atoms. The lowest BCUT2D eigenvalue weighted by Crippen LogP contribution is -2.48. The lowest BCUT2D eigenvalue weighted by molar-refractivity contribution is 0.0445. The van der Waals surface area contributed by atoms with Crippen molar-refractivity contribution >= 4 is 9.84 Å². The number of aliphatic hydroxyl groups excluding tert-OH is 2. The lowest BCUT2D eigenvalue weighted by atomic mass is 10.2. The average molecular weight is 715 g/mol. The SMILES string of the molecule is O=S(=O)(c1ccc(OC[C@@H](O)CN2CCN(Cc3ccccc3)CC2)cc1)c1ccc(OC[C@@H](O)CN2CCN(Cc3ccccc3)CC2)cc1. The molecule has 0 radical (unpaired) electrons. The molecule has 2 atom stereocenters. The van der Waals surface area contributed by atoms with Gasteiger partial charge in [-0.1, -0.05) is 60.7 Å². The van der Waals surface area contributed by atoms with Crippen LogP contribution in [0.2, 0.25) is 0 Å². The molecule has 272 valence electrons. The number of benzene rings is 4. The summed E-state index contributed by atoms with van der Waals surface area (Å²) in [6, 6.07) is 33.4. The summed E-state index contributed by atoms with van der Waals surface area (Å²) < 4.78 is 38.2. The first-order valence-electron chi connectivity index (χ1n) is 17.8. The Morgan fingerprint density at radius 1 is 0.490 bits per heavy atom. The van der Waals surface area contributed by atoms with Crippen LogP contribution in [-0.4, -0.2) is 129 Å². The molecule has 2 aliphatic rings. The number of piperazine rings is 2. The highest BCUT2D eigenvalue weighted by molar-refractivity contribution is 7.91. The molecule has 0 amide bonds. The second-order valence-corrected chi connectivity index (χ2v) is 15.5. The summed E-state index contributed by atoms with van der Waals surface area (Å²) in [5.74, 6) is 0.995. The Labute approximate surface area is 302 Å². The molecular weight excluding hydrogens is 665 g/mol. The lowest BCUT2D eigenvalue weighted by Gasteiger charge is -2.35. The standard InChI is InChI=1S/C40H50N4O6S/c45-35(29-43-23-19-41(20-24-43)27-33-7-3-1-4-8-33)31-49-37-11-15-39(16-12-37)51(47,48)40-17-13-38(14-18-40)50-32-36(46)30-44-25-21-42(22-26-44)28-34-9-5-2-6-10-34/h1-18,35-36,45-46H,19-32H2/t35-,36-/m0/s1. The van der Waals surface area contributed by atoms with Crippen molar-refractivity contribution in [1.82, 2.24) is 19.6 Å². The number of hydrogen-bond donors (Lipinski definition) is 2. The highest BCUT2D eigenvalue weighted by atomic mass is 32.2. The maximum atomic E-state index is 13.3. The second kappa shape index (κ2) is 18.1. The Kier molecular flexibility index (Phi) is 13.1. The minimum atomic E-state index is -3.75. The first kappa shape index (κ1) is 37.0. The van der Waals surface area contributed by atoms with E-state index in [1.54, 1.807) is 24.3 Å². The van der Waals surface area contributed by atoms with Crippen LogP contribution in [0.5, 0.6) is 11.5 Å². The highest BCUT2D eigenvalue weighted by Gasteiger charge is 2.22. The van der Waals surface area contributed by atoms with E-state index in [1.165, 1.54) is 35.4 Å². The summed E-state index contributed by atoms with van der Waals surface area (Å²) in [5, 5.41) is 21.2. The normalized spacial score (nSPS) is 17.9. The van der Waals surface area contributed by atoms with E-state index in [-0.39, 0.29) is 23.0 Å². The van der Waals surface area contributed by atoms with Gasteiger partial charge >= 0.3 is 0 Å². The van der Waals surface area contributed by atoms with Gasteiger partial charge < -0.3 is 19.7 Å². The highest BCUT2D eigenvalue weighted by Crippen LogP contribution is 2.25. The molecule has 51 heavy (non-hydrogen) atoms. The predicted molar refractivity (Wildman–Crippen MR) is 198 cm³/mol. The monoisotopic (exact) mass is 714 g/mol. The van der Waals surface area contributed by atoms with Crippen LogP contribution in [0.15, 0.2) is 119 Å². The quantitative estimate of drug-likeness (QED) is 0.179. The van der Waals surface area contributed by atoms with Crippen LogP contribution in [0.25, 0.3) is 0 Å². The van der Waals surface area contributed by atoms with Gasteiger partial charge in [-0.05, 0) is 59.7 Å². The summed E-state index contributed by atoms with van der Waals surface area (Å²) in [5.41, 5.74) is 2.62. The van der Waals surface area contributed by atoms with Crippen molar-refractivity contribution in [1.29, 1.82) is 0 Å². The number of sulfone groups is 1. The molecule has 0 aromatic heterocycles. The van der Waals surface area contributed by atoms with E-state index in [9.17, 15) is 18.6 Å². The van der Waals surface area contributed by atoms with E-state index >= 15 is 0 Å². The molecule has 0 unspecified atom stereocenters. The van der Waals surface area contributed by atoms with Gasteiger partial charge in [0.2, 0.25) is 9.84 Å². The largest absolute Gasteiger partial charge is 0.491 e. The van der Waals surface area contributed by atoms with Crippen LogP contribution in [0.3, 0.4) is 0 Å². The molecular formula is C40H50N4O6S. The molecule has 2 saturated heterocycles. The summed E-state index contributed by atoms with van der Waals surface area (Å²) in [4.78, 5) is 9.65. The van der Waals surface area contributed by atoms with Crippen molar-refractivity contribution in [2.75, 3.05) is 78.7 Å². The number of rotatable bonds is 16. The molecule has 4 aromatic rings. The number of ether oxygens (including phenoxy) is 2. The van der Waals surface area contributed by atoms with Crippen molar-refractivity contribution < 1.29 is 28.1 Å². The molecule has 2 heterocycles. The Bertz CT molecular complexity index is 1590. The predicted octanol–water partition coefficient (Wildman–Crippen LogP) is 3.63. The summed E-state index contributed by atoms with van der Waals surface area (Å²) >= 11 is 0. The molecule has 0 saturated carbocycles. The Morgan fingerprint density at radius 2 is 0.824 bits per heavy atom. The van der Waals surface area contributed by atoms with Crippen molar-refractivity contribution in [3.8, 4) is 11.5 Å². The Morgan fingerprint density at radius 3 is 1.18 bits per heavy atom. The fraction of sp³-hybridized carbons (Fsp3) is 0.400. The van der Waals surface area contributed by atoms with Crippen LogP contribution < -0.4 is 9.47 Å². The van der Waals surface area contributed by atoms with Crippen molar-refractivity contribution in [2.24, 2.45) is 0 Å². The van der Waals surface area contributed by atoms with Gasteiger partial charge in [0.1, 0.15) is 36.9 Å². The van der Waals surface area contributed by atoms with Crippen molar-refractivity contribution in [3.05, 3.63) is 120 Å². The summed E-state index contributed by atoms with van der Waals surface area (Å²) in [7, 11) is -3.75. The zero-order valence-corrected chi connectivity index (χ0v) is 30.0. The van der Waals surface area contributed by atoms with Gasteiger partial charge in [-0.15, -0.1) is 0 Å².